The van der Waals surface area contributed by atoms with Crippen molar-refractivity contribution in [1.82, 2.24) is 4.90 Å². The van der Waals surface area contributed by atoms with E-state index in [1.165, 1.54) is 0 Å². The Kier molecular flexibility index (Phi) is 3.69. The Morgan fingerprint density at radius 2 is 1.95 bits per heavy atom. The van der Waals surface area contributed by atoms with Crippen LogP contribution >= 0.6 is 0 Å². The van der Waals surface area contributed by atoms with Crippen LogP contribution in [-0.2, 0) is 4.79 Å². The average molecular weight is 268 g/mol. The molecule has 4 heteroatoms. The Balaban J connectivity index is 2.04. The highest BCUT2D eigenvalue weighted by Gasteiger charge is 2.50. The third-order valence-corrected chi connectivity index (χ3v) is 5.74. The standard InChI is InChI=1S/C15H28N2O2/c1-5-15(19)8-17(9-15)13(18)11-6-7-12(16)10(2)14(11,3)4/h10-12,19H,5-9,16H2,1-4H3. The van der Waals surface area contributed by atoms with Crippen molar-refractivity contribution in [3.8, 4) is 0 Å². The van der Waals surface area contributed by atoms with Crippen molar-refractivity contribution in [2.75, 3.05) is 13.1 Å². The van der Waals surface area contributed by atoms with Crippen LogP contribution in [0.5, 0.6) is 0 Å². The first-order valence-electron chi connectivity index (χ1n) is 7.48. The van der Waals surface area contributed by atoms with Crippen LogP contribution in [0.3, 0.4) is 0 Å². The number of rotatable bonds is 2. The summed E-state index contributed by atoms with van der Waals surface area (Å²) in [5.74, 6) is 0.604. The van der Waals surface area contributed by atoms with Gasteiger partial charge in [0.25, 0.3) is 0 Å². The van der Waals surface area contributed by atoms with Crippen LogP contribution in [0.2, 0.25) is 0 Å². The first-order chi connectivity index (χ1) is 8.71. The van der Waals surface area contributed by atoms with Crippen LogP contribution in [0.25, 0.3) is 0 Å². The Morgan fingerprint density at radius 3 is 2.47 bits per heavy atom. The molecule has 2 aliphatic rings. The molecular weight excluding hydrogens is 240 g/mol. The lowest BCUT2D eigenvalue weighted by molar-refractivity contribution is -0.167. The number of nitrogens with two attached hydrogens (primary N) is 1. The van der Waals surface area contributed by atoms with Crippen molar-refractivity contribution < 1.29 is 9.90 Å². The molecule has 0 aromatic rings. The second-order valence-electron chi connectivity index (χ2n) is 7.18. The minimum atomic E-state index is -0.642. The molecule has 19 heavy (non-hydrogen) atoms. The number of amides is 1. The summed E-state index contributed by atoms with van der Waals surface area (Å²) in [6, 6.07) is 0.197. The van der Waals surface area contributed by atoms with Gasteiger partial charge >= 0.3 is 0 Å². The van der Waals surface area contributed by atoms with Gasteiger partial charge in [-0.2, -0.15) is 0 Å². The third kappa shape index (κ3) is 2.40. The van der Waals surface area contributed by atoms with Gasteiger partial charge in [-0.3, -0.25) is 4.79 Å². The van der Waals surface area contributed by atoms with E-state index in [0.717, 1.165) is 12.8 Å². The van der Waals surface area contributed by atoms with Crippen molar-refractivity contribution in [1.29, 1.82) is 0 Å². The molecule has 110 valence electrons. The van der Waals surface area contributed by atoms with Crippen molar-refractivity contribution in [3.63, 3.8) is 0 Å². The normalized spacial score (nSPS) is 36.7. The second-order valence-corrected chi connectivity index (χ2v) is 7.18. The van der Waals surface area contributed by atoms with Gasteiger partial charge in [0.05, 0.1) is 18.7 Å². The van der Waals surface area contributed by atoms with Gasteiger partial charge < -0.3 is 15.7 Å². The molecule has 4 nitrogen and oxygen atoms in total. The van der Waals surface area contributed by atoms with Crippen molar-refractivity contribution >= 4 is 5.91 Å². The lowest BCUT2D eigenvalue weighted by Crippen LogP contribution is -2.65. The molecule has 3 N–H and O–H groups in total. The maximum atomic E-state index is 12.6. The van der Waals surface area contributed by atoms with Crippen molar-refractivity contribution in [2.45, 2.75) is 58.6 Å². The molecule has 1 heterocycles. The van der Waals surface area contributed by atoms with E-state index in [-0.39, 0.29) is 23.3 Å². The van der Waals surface area contributed by atoms with E-state index in [0.29, 0.717) is 25.4 Å². The Hall–Kier alpha value is -0.610. The first-order valence-corrected chi connectivity index (χ1v) is 7.48. The minimum absolute atomic E-state index is 0.0451. The van der Waals surface area contributed by atoms with Crippen LogP contribution in [0, 0.1) is 17.3 Å². The number of nitrogens with zero attached hydrogens (tertiary/aromatic N) is 1. The SMILES string of the molecule is CCC1(O)CN(C(=O)C2CCC(N)C(C)C2(C)C)C1. The zero-order valence-corrected chi connectivity index (χ0v) is 12.6. The van der Waals surface area contributed by atoms with Gasteiger partial charge in [-0.1, -0.05) is 27.7 Å². The maximum absolute atomic E-state index is 12.6. The first kappa shape index (κ1) is 14.8. The van der Waals surface area contributed by atoms with E-state index in [1.54, 1.807) is 0 Å². The van der Waals surface area contributed by atoms with Crippen LogP contribution < -0.4 is 5.73 Å². The largest absolute Gasteiger partial charge is 0.386 e. The molecule has 0 spiro atoms. The van der Waals surface area contributed by atoms with Gasteiger partial charge in [-0.15, -0.1) is 0 Å². The smallest absolute Gasteiger partial charge is 0.226 e. The Morgan fingerprint density at radius 1 is 1.37 bits per heavy atom. The third-order valence-electron chi connectivity index (χ3n) is 5.74. The number of likely N-dealkylation sites (tertiary alicyclic amines) is 1. The number of aliphatic hydroxyl groups is 1. The summed E-state index contributed by atoms with van der Waals surface area (Å²) < 4.78 is 0. The van der Waals surface area contributed by atoms with Crippen LogP contribution in [0.15, 0.2) is 0 Å². The number of hydrogen-bond acceptors (Lipinski definition) is 3. The van der Waals surface area contributed by atoms with Crippen LogP contribution in [0.1, 0.15) is 47.0 Å². The molecule has 0 radical (unpaired) electrons. The summed E-state index contributed by atoms with van der Waals surface area (Å²) in [4.78, 5) is 14.4. The molecule has 1 saturated heterocycles. The summed E-state index contributed by atoms with van der Waals surface area (Å²) in [5, 5.41) is 10.0. The van der Waals surface area contributed by atoms with E-state index in [2.05, 4.69) is 20.8 Å². The predicted molar refractivity (Wildman–Crippen MR) is 75.5 cm³/mol. The second kappa shape index (κ2) is 4.74. The lowest BCUT2D eigenvalue weighted by atomic mass is 9.60. The molecule has 1 saturated carbocycles. The summed E-state index contributed by atoms with van der Waals surface area (Å²) >= 11 is 0. The Bertz CT molecular complexity index is 361. The number of hydrogen-bond donors (Lipinski definition) is 2. The molecule has 3 atom stereocenters. The highest BCUT2D eigenvalue weighted by Crippen LogP contribution is 2.46. The molecule has 2 fully saturated rings. The number of carbonyl (C=O) groups excluding carboxylic acids is 1. The molecule has 1 amide bonds. The zero-order chi connectivity index (χ0) is 14.4. The van der Waals surface area contributed by atoms with Gasteiger partial charge in [0.1, 0.15) is 0 Å². The molecular formula is C15H28N2O2. The monoisotopic (exact) mass is 268 g/mol. The fourth-order valence-corrected chi connectivity index (χ4v) is 3.56. The van der Waals surface area contributed by atoms with E-state index in [9.17, 15) is 9.90 Å². The van der Waals surface area contributed by atoms with E-state index < -0.39 is 5.60 Å². The Labute approximate surface area is 116 Å². The number of carbonyl (C=O) groups is 1. The molecule has 3 unspecified atom stereocenters. The molecule has 2 rings (SSSR count). The van der Waals surface area contributed by atoms with E-state index >= 15 is 0 Å². The molecule has 1 aliphatic heterocycles. The van der Waals surface area contributed by atoms with Gasteiger partial charge in [-0.25, -0.2) is 0 Å². The van der Waals surface area contributed by atoms with Gasteiger partial charge in [0, 0.05) is 12.0 Å². The van der Waals surface area contributed by atoms with Gasteiger partial charge in [0.2, 0.25) is 5.91 Å². The highest BCUT2D eigenvalue weighted by atomic mass is 16.3. The van der Waals surface area contributed by atoms with E-state index in [1.807, 2.05) is 11.8 Å². The minimum Gasteiger partial charge on any atom is -0.386 e. The lowest BCUT2D eigenvalue weighted by Gasteiger charge is -2.52. The highest BCUT2D eigenvalue weighted by molar-refractivity contribution is 5.81. The summed E-state index contributed by atoms with van der Waals surface area (Å²) in [6.07, 6.45) is 2.51. The van der Waals surface area contributed by atoms with Crippen LogP contribution in [-0.4, -0.2) is 40.6 Å². The maximum Gasteiger partial charge on any atom is 0.226 e. The van der Waals surface area contributed by atoms with E-state index in [4.69, 9.17) is 5.73 Å². The quantitative estimate of drug-likeness (QED) is 0.795. The van der Waals surface area contributed by atoms with Crippen LogP contribution in [0.4, 0.5) is 0 Å². The fourth-order valence-electron chi connectivity index (χ4n) is 3.56. The van der Waals surface area contributed by atoms with Gasteiger partial charge in [0.15, 0.2) is 0 Å². The van der Waals surface area contributed by atoms with Crippen molar-refractivity contribution in [2.24, 2.45) is 23.0 Å². The molecule has 0 bridgehead atoms. The topological polar surface area (TPSA) is 66.6 Å². The fraction of sp³-hybridized carbons (Fsp3) is 0.933. The number of β-amino-alcohol motifs (C(OH)–C–C–N with tert-alkyl or cyclic N) is 1. The van der Waals surface area contributed by atoms with Gasteiger partial charge in [-0.05, 0) is 30.6 Å². The predicted octanol–water partition coefficient (Wildman–Crippen LogP) is 1.37. The molecule has 0 aromatic carbocycles. The summed E-state index contributed by atoms with van der Waals surface area (Å²) in [7, 11) is 0. The summed E-state index contributed by atoms with van der Waals surface area (Å²) in [6.45, 7) is 9.43. The average Bonchev–Trinajstić information content (AvgIpc) is 2.31. The van der Waals surface area contributed by atoms with Crippen molar-refractivity contribution in [3.05, 3.63) is 0 Å². The molecule has 0 aromatic heterocycles. The molecule has 1 aliphatic carbocycles. The zero-order valence-electron chi connectivity index (χ0n) is 12.6. The summed E-state index contributed by atoms with van der Waals surface area (Å²) in [5.41, 5.74) is 5.44.